The van der Waals surface area contributed by atoms with Crippen LogP contribution in [0.15, 0.2) is 0 Å². The predicted octanol–water partition coefficient (Wildman–Crippen LogP) is -0.289. The van der Waals surface area contributed by atoms with Crippen LogP contribution < -0.4 is 11.8 Å². The molecule has 5 heteroatoms. The molecule has 0 aliphatic carbocycles. The summed E-state index contributed by atoms with van der Waals surface area (Å²) >= 11 is 0. The second kappa shape index (κ2) is 46.0. The van der Waals surface area contributed by atoms with E-state index in [2.05, 4.69) is 11.8 Å². The molecule has 9 heavy (non-hydrogen) atoms. The molecular weight excluding hydrogens is 124 g/mol. The maximum atomic E-state index is 6.50. The van der Waals surface area contributed by atoms with Gasteiger partial charge in [-0.15, -0.1) is 0 Å². The van der Waals surface area contributed by atoms with E-state index in [0.29, 0.717) is 0 Å². The van der Waals surface area contributed by atoms with Gasteiger partial charge >= 0.3 is 0 Å². The molecule has 0 atom stereocenters. The first-order valence-corrected chi connectivity index (χ1v) is 2.51. The largest absolute Gasteiger partial charge is 0.382 e. The van der Waals surface area contributed by atoms with Crippen LogP contribution in [0.2, 0.25) is 0 Å². The van der Waals surface area contributed by atoms with Crippen LogP contribution in [0.3, 0.4) is 0 Å². The zero-order valence-electron chi connectivity index (χ0n) is 5.87. The summed E-state index contributed by atoms with van der Waals surface area (Å²) < 4.78 is 4.83. The highest BCUT2D eigenvalue weighted by Crippen LogP contribution is 1.64. The molecule has 0 fully saturated rings. The van der Waals surface area contributed by atoms with Crippen molar-refractivity contribution < 1.29 is 15.2 Å². The first-order chi connectivity index (χ1) is 4.41. The third-order valence-corrected chi connectivity index (χ3v) is 0.408. The van der Waals surface area contributed by atoms with E-state index in [4.69, 9.17) is 15.2 Å². The van der Waals surface area contributed by atoms with Crippen LogP contribution in [0.4, 0.5) is 0 Å². The first-order valence-electron chi connectivity index (χ1n) is 2.51. The van der Waals surface area contributed by atoms with E-state index in [1.54, 1.807) is 0 Å². The minimum absolute atomic E-state index is 0.844. The summed E-state index contributed by atoms with van der Waals surface area (Å²) in [4.78, 5) is 0. The second-order valence-corrected chi connectivity index (χ2v) is 0.781. The number of nitrogens with two attached hydrogens (primary N) is 2. The van der Waals surface area contributed by atoms with E-state index in [1.165, 1.54) is 0 Å². The van der Waals surface area contributed by atoms with Gasteiger partial charge in [0.05, 0.1) is 0 Å². The molecule has 0 aliphatic heterocycles. The smallest absolute Gasteiger partial charge is 0.0437 e. The van der Waals surface area contributed by atoms with Gasteiger partial charge in [-0.05, 0) is 13.8 Å². The van der Waals surface area contributed by atoms with Gasteiger partial charge in [0.25, 0.3) is 0 Å². The van der Waals surface area contributed by atoms with Gasteiger partial charge in [-0.25, -0.2) is 11.8 Å². The Hall–Kier alpha value is -0.200. The highest BCUT2D eigenvalue weighted by atomic mass is 16.5. The van der Waals surface area contributed by atoms with Crippen LogP contribution in [0.1, 0.15) is 13.8 Å². The normalized spacial score (nSPS) is 6.00. The van der Waals surface area contributed by atoms with Crippen LogP contribution >= 0.6 is 0 Å². The molecule has 0 aromatic carbocycles. The number of rotatable bonds is 2. The molecule has 0 amide bonds. The molecule has 5 nitrogen and oxygen atoms in total. The Kier molecular flexibility index (Phi) is 81.4. The van der Waals surface area contributed by atoms with Crippen molar-refractivity contribution in [2.24, 2.45) is 11.8 Å². The Morgan fingerprint density at radius 1 is 1.00 bits per heavy atom. The zero-order valence-corrected chi connectivity index (χ0v) is 5.87. The molecule has 0 spiro atoms. The van der Waals surface area contributed by atoms with E-state index in [9.17, 15) is 0 Å². The first kappa shape index (κ1) is 15.9. The maximum Gasteiger partial charge on any atom is 0.0437 e. The van der Waals surface area contributed by atoms with Crippen LogP contribution in [-0.4, -0.2) is 23.6 Å². The van der Waals surface area contributed by atoms with E-state index in [0.717, 1.165) is 13.2 Å². The van der Waals surface area contributed by atoms with Crippen molar-refractivity contribution in [3.63, 3.8) is 0 Å². The van der Waals surface area contributed by atoms with Crippen molar-refractivity contribution in [1.29, 1.82) is 0 Å². The summed E-state index contributed by atoms with van der Waals surface area (Å²) in [6.45, 7) is 5.67. The molecule has 0 bridgehead atoms. The van der Waals surface area contributed by atoms with Gasteiger partial charge in [0.1, 0.15) is 0 Å². The summed E-state index contributed by atoms with van der Waals surface area (Å²) in [5.41, 5.74) is 0. The zero-order chi connectivity index (χ0) is 8.12. The fourth-order valence-corrected chi connectivity index (χ4v) is 0.204. The Bertz CT molecular complexity index is 21.3. The quantitative estimate of drug-likeness (QED) is 0.395. The monoisotopic (exact) mass is 140 g/mol. The molecule has 0 heterocycles. The van der Waals surface area contributed by atoms with Gasteiger partial charge < -0.3 is 15.2 Å². The van der Waals surface area contributed by atoms with Gasteiger partial charge in [0.15, 0.2) is 0 Å². The van der Waals surface area contributed by atoms with E-state index < -0.39 is 0 Å². The van der Waals surface area contributed by atoms with Crippen molar-refractivity contribution in [2.45, 2.75) is 13.8 Å². The summed E-state index contributed by atoms with van der Waals surface area (Å²) in [7, 11) is 0. The molecule has 0 radical (unpaired) electrons. The third kappa shape index (κ3) is 81.0. The highest BCUT2D eigenvalue weighted by molar-refractivity contribution is 4.07. The summed E-state index contributed by atoms with van der Waals surface area (Å²) in [6, 6.07) is 0. The van der Waals surface area contributed by atoms with Crippen molar-refractivity contribution >= 4 is 0 Å². The Balaban J connectivity index is -0.0000000771. The average molecular weight is 140 g/mol. The lowest BCUT2D eigenvalue weighted by Crippen LogP contribution is -1.84. The summed E-state index contributed by atoms with van der Waals surface area (Å²) in [5.74, 6) is 7.00. The molecule has 0 saturated carbocycles. The second-order valence-electron chi connectivity index (χ2n) is 0.781. The van der Waals surface area contributed by atoms with Crippen molar-refractivity contribution in [2.75, 3.05) is 13.2 Å². The average Bonchev–Trinajstić information content (AvgIpc) is 1.98. The minimum atomic E-state index is 0.844. The van der Waals surface area contributed by atoms with Gasteiger partial charge in [0, 0.05) is 13.2 Å². The van der Waals surface area contributed by atoms with Gasteiger partial charge in [0.2, 0.25) is 0 Å². The van der Waals surface area contributed by atoms with Gasteiger partial charge in [-0.3, -0.25) is 0 Å². The predicted molar refractivity (Wildman–Crippen MR) is 34.1 cm³/mol. The molecule has 60 valence electrons. The molecule has 6 N–H and O–H groups in total. The lowest BCUT2D eigenvalue weighted by Gasteiger charge is -1.86. The van der Waals surface area contributed by atoms with E-state index in [1.807, 2.05) is 13.8 Å². The fourth-order valence-electron chi connectivity index (χ4n) is 0.204. The fraction of sp³-hybridized carbons (Fsp3) is 1.00. The third-order valence-electron chi connectivity index (χ3n) is 0.408. The van der Waals surface area contributed by atoms with Crippen LogP contribution in [0.25, 0.3) is 0 Å². The highest BCUT2D eigenvalue weighted by Gasteiger charge is 1.64. The topological polar surface area (TPSA) is 102 Å². The van der Waals surface area contributed by atoms with Gasteiger partial charge in [-0.2, -0.15) is 0 Å². The Labute approximate surface area is 55.1 Å². The standard InChI is InChI=1S/C4H10O.2H3NO/c1-3-5-4-2;2*1-2/h3-4H2,1-2H3;2*2H,1H2. The molecular formula is C4H16N2O3. The number of ether oxygens (including phenoxy) is 1. The molecule has 0 aromatic rings. The van der Waals surface area contributed by atoms with Crippen molar-refractivity contribution in [3.05, 3.63) is 0 Å². The minimum Gasteiger partial charge on any atom is -0.382 e. The number of hydrogen-bond acceptors (Lipinski definition) is 5. The SMILES string of the molecule is CCOCC.NO.NO. The maximum absolute atomic E-state index is 6.50. The Morgan fingerprint density at radius 3 is 1.22 bits per heavy atom. The van der Waals surface area contributed by atoms with Crippen LogP contribution in [-0.2, 0) is 4.74 Å². The summed E-state index contributed by atoms with van der Waals surface area (Å²) in [5, 5.41) is 13.0. The van der Waals surface area contributed by atoms with Crippen LogP contribution in [0, 0.1) is 0 Å². The van der Waals surface area contributed by atoms with Gasteiger partial charge in [-0.1, -0.05) is 0 Å². The molecule has 0 saturated heterocycles. The lowest BCUT2D eigenvalue weighted by molar-refractivity contribution is 0.162. The lowest BCUT2D eigenvalue weighted by atomic mass is 10.8. The van der Waals surface area contributed by atoms with Crippen molar-refractivity contribution in [1.82, 2.24) is 0 Å². The van der Waals surface area contributed by atoms with E-state index >= 15 is 0 Å². The molecule has 0 aromatic heterocycles. The number of hydrogen-bond donors (Lipinski definition) is 4. The summed E-state index contributed by atoms with van der Waals surface area (Å²) in [6.07, 6.45) is 0. The van der Waals surface area contributed by atoms with Crippen LogP contribution in [0.5, 0.6) is 0 Å². The molecule has 0 aliphatic rings. The Morgan fingerprint density at radius 2 is 1.22 bits per heavy atom. The van der Waals surface area contributed by atoms with E-state index in [-0.39, 0.29) is 0 Å². The molecule has 0 rings (SSSR count). The van der Waals surface area contributed by atoms with Crippen molar-refractivity contribution in [3.8, 4) is 0 Å². The molecule has 0 unspecified atom stereocenters.